The van der Waals surface area contributed by atoms with Gasteiger partial charge in [-0.2, -0.15) is 0 Å². The Morgan fingerprint density at radius 3 is 2.35 bits per heavy atom. The van der Waals surface area contributed by atoms with Gasteiger partial charge in [-0.3, -0.25) is 4.79 Å². The zero-order valence-corrected chi connectivity index (χ0v) is 11.0. The zero-order chi connectivity index (χ0) is 14.0. The Balaban J connectivity index is 1.79. The Morgan fingerprint density at radius 1 is 1.00 bits per heavy atom. The van der Waals surface area contributed by atoms with Gasteiger partial charge >= 0.3 is 0 Å². The number of carbonyl (C=O) groups excluding carboxylic acids is 1. The van der Waals surface area contributed by atoms with E-state index < -0.39 is 0 Å². The van der Waals surface area contributed by atoms with Gasteiger partial charge in [0.15, 0.2) is 0 Å². The molecule has 0 saturated heterocycles. The Bertz CT molecular complexity index is 633. The van der Waals surface area contributed by atoms with Crippen LogP contribution < -0.4 is 5.32 Å². The molecule has 1 N–H and O–H groups in total. The van der Waals surface area contributed by atoms with Crippen LogP contribution in [-0.4, -0.2) is 12.5 Å². The normalized spacial score (nSPS) is 9.80. The van der Waals surface area contributed by atoms with Gasteiger partial charge in [-0.05, 0) is 17.7 Å². The molecular formula is C18H15NO. The number of amides is 1. The summed E-state index contributed by atoms with van der Waals surface area (Å²) in [5.41, 5.74) is 1.94. The monoisotopic (exact) mass is 261 g/mol. The number of carbonyl (C=O) groups is 1. The van der Waals surface area contributed by atoms with E-state index in [2.05, 4.69) is 17.2 Å². The molecule has 0 aromatic heterocycles. The van der Waals surface area contributed by atoms with Crippen molar-refractivity contribution in [3.8, 4) is 11.8 Å². The van der Waals surface area contributed by atoms with Crippen LogP contribution in [0.5, 0.6) is 0 Å². The quantitative estimate of drug-likeness (QED) is 0.846. The lowest BCUT2D eigenvalue weighted by molar-refractivity contribution is -0.115. The highest BCUT2D eigenvalue weighted by Crippen LogP contribution is 1.99. The topological polar surface area (TPSA) is 29.1 Å². The first-order valence-electron chi connectivity index (χ1n) is 6.41. The lowest BCUT2D eigenvalue weighted by atomic mass is 10.2. The molecule has 2 heteroatoms. The molecule has 0 heterocycles. The van der Waals surface area contributed by atoms with Gasteiger partial charge < -0.3 is 5.32 Å². The summed E-state index contributed by atoms with van der Waals surface area (Å²) in [4.78, 5) is 11.5. The first-order chi connectivity index (χ1) is 9.84. The van der Waals surface area contributed by atoms with Crippen LogP contribution in [-0.2, 0) is 4.79 Å². The summed E-state index contributed by atoms with van der Waals surface area (Å²) < 4.78 is 0. The van der Waals surface area contributed by atoms with E-state index >= 15 is 0 Å². The standard InChI is InChI=1S/C18H15NO/c20-18(14-13-17-10-5-2-6-11-17)19-15-7-12-16-8-3-1-4-9-16/h1-12H,15H2,(H,19,20). The summed E-state index contributed by atoms with van der Waals surface area (Å²) in [6.45, 7) is 0.469. The molecule has 0 atom stereocenters. The predicted molar refractivity (Wildman–Crippen MR) is 81.8 cm³/mol. The van der Waals surface area contributed by atoms with Crippen LogP contribution in [0.4, 0.5) is 0 Å². The molecule has 98 valence electrons. The fourth-order valence-corrected chi connectivity index (χ4v) is 1.61. The molecule has 2 aromatic carbocycles. The van der Waals surface area contributed by atoms with Gasteiger partial charge in [-0.25, -0.2) is 0 Å². The summed E-state index contributed by atoms with van der Waals surface area (Å²) in [5.74, 6) is 5.11. The van der Waals surface area contributed by atoms with Gasteiger partial charge in [0, 0.05) is 18.0 Å². The molecule has 0 aliphatic carbocycles. The molecule has 2 nitrogen and oxygen atoms in total. The molecule has 0 spiro atoms. The SMILES string of the molecule is O=C(C#Cc1ccccc1)NCC=Cc1ccccc1. The van der Waals surface area contributed by atoms with Crippen molar-refractivity contribution in [1.82, 2.24) is 5.32 Å². The van der Waals surface area contributed by atoms with Crippen LogP contribution in [0.25, 0.3) is 6.08 Å². The van der Waals surface area contributed by atoms with Crippen LogP contribution in [0.1, 0.15) is 11.1 Å². The molecule has 0 fully saturated rings. The molecule has 1 amide bonds. The summed E-state index contributed by atoms with van der Waals surface area (Å²) in [6.07, 6.45) is 3.86. The summed E-state index contributed by atoms with van der Waals surface area (Å²) in [7, 11) is 0. The van der Waals surface area contributed by atoms with E-state index in [1.54, 1.807) is 0 Å². The molecule has 0 unspecified atom stereocenters. The highest BCUT2D eigenvalue weighted by molar-refractivity contribution is 5.94. The average Bonchev–Trinajstić information content (AvgIpc) is 2.52. The average molecular weight is 261 g/mol. The number of hydrogen-bond acceptors (Lipinski definition) is 1. The van der Waals surface area contributed by atoms with Crippen molar-refractivity contribution in [3.05, 3.63) is 77.9 Å². The van der Waals surface area contributed by atoms with E-state index in [9.17, 15) is 4.79 Å². The fraction of sp³-hybridized carbons (Fsp3) is 0.0556. The molecule has 2 aromatic rings. The first kappa shape index (κ1) is 13.6. The second kappa shape index (κ2) is 7.60. The van der Waals surface area contributed by atoms with Crippen molar-refractivity contribution in [3.63, 3.8) is 0 Å². The predicted octanol–water partition coefficient (Wildman–Crippen LogP) is 2.87. The summed E-state index contributed by atoms with van der Waals surface area (Å²) in [6, 6.07) is 19.4. The van der Waals surface area contributed by atoms with Gasteiger partial charge in [-0.1, -0.05) is 66.6 Å². The highest BCUT2D eigenvalue weighted by atomic mass is 16.1. The third kappa shape index (κ3) is 4.83. The smallest absolute Gasteiger partial charge is 0.296 e. The lowest BCUT2D eigenvalue weighted by Crippen LogP contribution is -2.21. The van der Waals surface area contributed by atoms with Gasteiger partial charge in [0.2, 0.25) is 0 Å². The van der Waals surface area contributed by atoms with E-state index in [-0.39, 0.29) is 5.91 Å². The molecular weight excluding hydrogens is 246 g/mol. The van der Waals surface area contributed by atoms with Crippen LogP contribution >= 0.6 is 0 Å². The van der Waals surface area contributed by atoms with Crippen molar-refractivity contribution >= 4 is 12.0 Å². The van der Waals surface area contributed by atoms with Gasteiger partial charge in [0.05, 0.1) is 0 Å². The van der Waals surface area contributed by atoms with E-state index in [1.807, 2.05) is 72.8 Å². The molecule has 20 heavy (non-hydrogen) atoms. The van der Waals surface area contributed by atoms with Crippen LogP contribution in [0.15, 0.2) is 66.7 Å². The maximum absolute atomic E-state index is 11.5. The van der Waals surface area contributed by atoms with Crippen molar-refractivity contribution < 1.29 is 4.79 Å². The second-order valence-electron chi connectivity index (χ2n) is 4.14. The Kier molecular flexibility index (Phi) is 5.18. The fourth-order valence-electron chi connectivity index (χ4n) is 1.61. The van der Waals surface area contributed by atoms with Crippen LogP contribution in [0, 0.1) is 11.8 Å². The summed E-state index contributed by atoms with van der Waals surface area (Å²) >= 11 is 0. The third-order valence-corrected chi connectivity index (χ3v) is 2.58. The zero-order valence-electron chi connectivity index (χ0n) is 11.0. The van der Waals surface area contributed by atoms with Crippen molar-refractivity contribution in [1.29, 1.82) is 0 Å². The summed E-state index contributed by atoms with van der Waals surface area (Å²) in [5, 5.41) is 2.72. The third-order valence-electron chi connectivity index (χ3n) is 2.58. The molecule has 0 radical (unpaired) electrons. The van der Waals surface area contributed by atoms with Crippen LogP contribution in [0.3, 0.4) is 0 Å². The maximum atomic E-state index is 11.5. The minimum atomic E-state index is -0.272. The van der Waals surface area contributed by atoms with E-state index in [0.717, 1.165) is 11.1 Å². The van der Waals surface area contributed by atoms with E-state index in [0.29, 0.717) is 6.54 Å². The van der Waals surface area contributed by atoms with Gasteiger partial charge in [0.1, 0.15) is 0 Å². The van der Waals surface area contributed by atoms with Crippen molar-refractivity contribution in [2.24, 2.45) is 0 Å². The van der Waals surface area contributed by atoms with Gasteiger partial charge in [0.25, 0.3) is 5.91 Å². The van der Waals surface area contributed by atoms with Crippen molar-refractivity contribution in [2.45, 2.75) is 0 Å². The molecule has 2 rings (SSSR count). The number of nitrogens with one attached hydrogen (secondary N) is 1. The lowest BCUT2D eigenvalue weighted by Gasteiger charge is -1.95. The number of benzene rings is 2. The Morgan fingerprint density at radius 2 is 1.65 bits per heavy atom. The second-order valence-corrected chi connectivity index (χ2v) is 4.14. The van der Waals surface area contributed by atoms with E-state index in [1.165, 1.54) is 0 Å². The Labute approximate surface area is 119 Å². The van der Waals surface area contributed by atoms with Crippen molar-refractivity contribution in [2.75, 3.05) is 6.54 Å². The molecule has 0 bridgehead atoms. The van der Waals surface area contributed by atoms with E-state index in [4.69, 9.17) is 0 Å². The first-order valence-corrected chi connectivity index (χ1v) is 6.41. The minimum Gasteiger partial charge on any atom is -0.342 e. The van der Waals surface area contributed by atoms with Gasteiger partial charge in [-0.15, -0.1) is 0 Å². The Hall–Kier alpha value is -2.79. The molecule has 0 saturated carbocycles. The number of rotatable bonds is 3. The highest BCUT2D eigenvalue weighted by Gasteiger charge is 1.91. The number of hydrogen-bond donors (Lipinski definition) is 1. The molecule has 0 aliphatic heterocycles. The largest absolute Gasteiger partial charge is 0.342 e. The van der Waals surface area contributed by atoms with Crippen LogP contribution in [0.2, 0.25) is 0 Å². The molecule has 0 aliphatic rings. The minimum absolute atomic E-state index is 0.272. The maximum Gasteiger partial charge on any atom is 0.296 e.